The van der Waals surface area contributed by atoms with E-state index in [9.17, 15) is 4.79 Å². The van der Waals surface area contributed by atoms with Gasteiger partial charge in [-0.15, -0.1) is 0 Å². The highest BCUT2D eigenvalue weighted by atomic mass is 79.9. The molecule has 0 N–H and O–H groups in total. The van der Waals surface area contributed by atoms with Crippen LogP contribution in [-0.4, -0.2) is 15.8 Å². The van der Waals surface area contributed by atoms with E-state index in [1.165, 1.54) is 0 Å². The van der Waals surface area contributed by atoms with E-state index in [0.29, 0.717) is 16.6 Å². The van der Waals surface area contributed by atoms with Crippen molar-refractivity contribution in [1.82, 2.24) is 9.97 Å². The summed E-state index contributed by atoms with van der Waals surface area (Å²) in [6.45, 7) is 5.75. The van der Waals surface area contributed by atoms with Crippen LogP contribution in [0.2, 0.25) is 0 Å². The molecule has 0 saturated carbocycles. The molecule has 0 radical (unpaired) electrons. The van der Waals surface area contributed by atoms with Gasteiger partial charge < -0.3 is 0 Å². The fourth-order valence-corrected chi connectivity index (χ4v) is 1.94. The van der Waals surface area contributed by atoms with Crippen molar-refractivity contribution in [2.45, 2.75) is 27.2 Å². The first-order chi connectivity index (χ1) is 7.39. The summed E-state index contributed by atoms with van der Waals surface area (Å²) < 4.78 is 0.667. The maximum atomic E-state index is 12.2. The van der Waals surface area contributed by atoms with Gasteiger partial charge in [0.15, 0.2) is 5.78 Å². The lowest BCUT2D eigenvalue weighted by Gasteiger charge is -2.17. The number of halogens is 1. The average Bonchev–Trinajstić information content (AvgIpc) is 2.57. The molecule has 1 heterocycles. The van der Waals surface area contributed by atoms with Gasteiger partial charge in [-0.05, 0) is 15.9 Å². The molecular weight excluding hydrogens is 268 g/mol. The van der Waals surface area contributed by atoms with E-state index < -0.39 is 0 Å². The van der Waals surface area contributed by atoms with Gasteiger partial charge in [-0.1, -0.05) is 26.8 Å². The molecule has 0 fully saturated rings. The maximum absolute atomic E-state index is 12.2. The first-order valence-corrected chi connectivity index (χ1v) is 5.95. The number of nitrogens with zero attached hydrogens (tertiary/aromatic N) is 2. The van der Waals surface area contributed by atoms with E-state index in [1.807, 2.05) is 26.8 Å². The minimum Gasteiger partial charge on any atom is -0.294 e. The van der Waals surface area contributed by atoms with E-state index in [0.717, 1.165) is 11.4 Å². The van der Waals surface area contributed by atoms with Crippen molar-refractivity contribution in [2.75, 3.05) is 0 Å². The molecular formula is C12H13BrN2O. The topological polar surface area (TPSA) is 42.9 Å². The van der Waals surface area contributed by atoms with Gasteiger partial charge in [-0.25, -0.2) is 4.98 Å². The number of rotatable bonds is 1. The fraction of sp³-hybridized carbons (Fsp3) is 0.417. The molecule has 3 nitrogen and oxygen atoms in total. The van der Waals surface area contributed by atoms with Gasteiger partial charge in [-0.2, -0.15) is 0 Å². The summed E-state index contributed by atoms with van der Waals surface area (Å²) in [6.07, 6.45) is 4.29. The third-order valence-electron chi connectivity index (χ3n) is 2.50. The predicted molar refractivity (Wildman–Crippen MR) is 65.9 cm³/mol. The zero-order chi connectivity index (χ0) is 11.9. The number of allylic oxidation sites excluding steroid dienone is 2. The minimum absolute atomic E-state index is 0.124. The van der Waals surface area contributed by atoms with Crippen molar-refractivity contribution in [3.05, 3.63) is 28.3 Å². The summed E-state index contributed by atoms with van der Waals surface area (Å²) in [6, 6.07) is 0. The Morgan fingerprint density at radius 3 is 2.75 bits per heavy atom. The molecule has 0 bridgehead atoms. The largest absolute Gasteiger partial charge is 0.294 e. The number of fused-ring (bicyclic) bond motifs is 1. The second-order valence-electron chi connectivity index (χ2n) is 4.89. The summed E-state index contributed by atoms with van der Waals surface area (Å²) in [5.74, 6) is 0.124. The van der Waals surface area contributed by atoms with E-state index in [2.05, 4.69) is 25.9 Å². The number of hydrogen-bond acceptors (Lipinski definition) is 3. The minimum atomic E-state index is -0.378. The molecule has 1 aliphatic rings. The van der Waals surface area contributed by atoms with Gasteiger partial charge in [0, 0.05) is 17.4 Å². The number of carbonyl (C=O) groups excluding carboxylic acids is 1. The Labute approximate surface area is 103 Å². The molecule has 0 unspecified atom stereocenters. The fourth-order valence-electron chi connectivity index (χ4n) is 1.66. The number of aromatic nitrogens is 2. The third kappa shape index (κ3) is 1.94. The normalized spacial score (nSPS) is 14.6. The van der Waals surface area contributed by atoms with Crippen molar-refractivity contribution in [3.8, 4) is 0 Å². The van der Waals surface area contributed by atoms with Gasteiger partial charge in [0.1, 0.15) is 4.60 Å². The molecule has 2 rings (SSSR count). The van der Waals surface area contributed by atoms with Crippen LogP contribution < -0.4 is 0 Å². The van der Waals surface area contributed by atoms with Gasteiger partial charge in [0.2, 0.25) is 0 Å². The van der Waals surface area contributed by atoms with Crippen LogP contribution in [0.15, 0.2) is 16.9 Å². The van der Waals surface area contributed by atoms with Crippen molar-refractivity contribution >= 4 is 27.3 Å². The van der Waals surface area contributed by atoms with Crippen molar-refractivity contribution in [1.29, 1.82) is 0 Å². The molecule has 0 aliphatic heterocycles. The zero-order valence-corrected chi connectivity index (χ0v) is 11.1. The highest BCUT2D eigenvalue weighted by molar-refractivity contribution is 9.10. The zero-order valence-electron chi connectivity index (χ0n) is 9.54. The van der Waals surface area contributed by atoms with Crippen LogP contribution in [0.4, 0.5) is 0 Å². The Kier molecular flexibility index (Phi) is 2.70. The van der Waals surface area contributed by atoms with Crippen LogP contribution in [0.3, 0.4) is 0 Å². The van der Waals surface area contributed by atoms with Crippen molar-refractivity contribution in [2.24, 2.45) is 5.41 Å². The lowest BCUT2D eigenvalue weighted by Crippen LogP contribution is -2.21. The molecule has 0 amide bonds. The standard InChI is InChI=1S/C12H13BrN2O/c1-12(2,3)11(16)7-4-5-8-10(7)15-9(13)6-14-8/h4,6H,5H2,1-3H3. The Morgan fingerprint density at radius 2 is 2.12 bits per heavy atom. The Bertz CT molecular complexity index is 486. The molecule has 0 spiro atoms. The summed E-state index contributed by atoms with van der Waals surface area (Å²) in [5, 5.41) is 0. The van der Waals surface area contributed by atoms with Crippen molar-refractivity contribution in [3.63, 3.8) is 0 Å². The molecule has 1 aliphatic carbocycles. The highest BCUT2D eigenvalue weighted by Crippen LogP contribution is 2.31. The summed E-state index contributed by atoms with van der Waals surface area (Å²) in [7, 11) is 0. The third-order valence-corrected chi connectivity index (χ3v) is 2.88. The SMILES string of the molecule is CC(C)(C)C(=O)C1=CCc2ncc(Br)nc21. The van der Waals surface area contributed by atoms with Crippen LogP contribution in [0, 0.1) is 5.41 Å². The van der Waals surface area contributed by atoms with Crippen LogP contribution in [-0.2, 0) is 11.2 Å². The van der Waals surface area contributed by atoms with Crippen LogP contribution in [0.1, 0.15) is 32.2 Å². The summed E-state index contributed by atoms with van der Waals surface area (Å²) >= 11 is 3.28. The van der Waals surface area contributed by atoms with Gasteiger partial charge in [-0.3, -0.25) is 9.78 Å². The van der Waals surface area contributed by atoms with E-state index in [1.54, 1.807) is 6.20 Å². The lowest BCUT2D eigenvalue weighted by atomic mass is 9.86. The maximum Gasteiger partial charge on any atom is 0.170 e. The predicted octanol–water partition coefficient (Wildman–Crippen LogP) is 2.79. The molecule has 1 aromatic heterocycles. The molecule has 84 valence electrons. The molecule has 16 heavy (non-hydrogen) atoms. The number of Topliss-reactive ketones (excluding diaryl/α,β-unsaturated/α-hetero) is 1. The first kappa shape index (κ1) is 11.5. The average molecular weight is 281 g/mol. The first-order valence-electron chi connectivity index (χ1n) is 5.16. The quantitative estimate of drug-likeness (QED) is 0.795. The van der Waals surface area contributed by atoms with Crippen molar-refractivity contribution < 1.29 is 4.79 Å². The Hall–Kier alpha value is -1.03. The van der Waals surface area contributed by atoms with E-state index in [-0.39, 0.29) is 11.2 Å². The monoisotopic (exact) mass is 280 g/mol. The molecule has 1 aromatic rings. The molecule has 0 aromatic carbocycles. The highest BCUT2D eigenvalue weighted by Gasteiger charge is 2.30. The summed E-state index contributed by atoms with van der Waals surface area (Å²) in [5.41, 5.74) is 1.94. The van der Waals surface area contributed by atoms with Gasteiger partial charge in [0.05, 0.1) is 17.6 Å². The Morgan fingerprint density at radius 1 is 1.44 bits per heavy atom. The molecule has 0 saturated heterocycles. The second kappa shape index (κ2) is 3.77. The van der Waals surface area contributed by atoms with E-state index >= 15 is 0 Å². The summed E-state index contributed by atoms with van der Waals surface area (Å²) in [4.78, 5) is 20.8. The van der Waals surface area contributed by atoms with E-state index in [4.69, 9.17) is 0 Å². The van der Waals surface area contributed by atoms with Crippen LogP contribution in [0.5, 0.6) is 0 Å². The van der Waals surface area contributed by atoms with Gasteiger partial charge in [0.25, 0.3) is 0 Å². The van der Waals surface area contributed by atoms with Gasteiger partial charge >= 0.3 is 0 Å². The number of hydrogen-bond donors (Lipinski definition) is 0. The smallest absolute Gasteiger partial charge is 0.170 e. The van der Waals surface area contributed by atoms with Crippen LogP contribution in [0.25, 0.3) is 5.57 Å². The number of carbonyl (C=O) groups is 1. The molecule has 4 heteroatoms. The Balaban J connectivity index is 2.43. The number of ketones is 1. The molecule has 0 atom stereocenters. The second-order valence-corrected chi connectivity index (χ2v) is 5.70. The lowest BCUT2D eigenvalue weighted by molar-refractivity contribution is -0.120. The van der Waals surface area contributed by atoms with Crippen LogP contribution >= 0.6 is 15.9 Å².